The molecule has 0 saturated heterocycles. The number of carbonyl (C=O) groups is 1. The largest absolute Gasteiger partial charge is 0.508 e. The monoisotopic (exact) mass is 300 g/mol. The molecule has 2 rings (SSSR count). The van der Waals surface area contributed by atoms with Gasteiger partial charge in [0.1, 0.15) is 5.75 Å². The molecule has 0 unspecified atom stereocenters. The summed E-state index contributed by atoms with van der Waals surface area (Å²) in [5.41, 5.74) is 1.66. The summed E-state index contributed by atoms with van der Waals surface area (Å²) < 4.78 is 5.34. The van der Waals surface area contributed by atoms with Crippen molar-refractivity contribution in [2.45, 2.75) is 19.8 Å². The van der Waals surface area contributed by atoms with E-state index in [-0.39, 0.29) is 18.1 Å². The molecule has 0 spiro atoms. The van der Waals surface area contributed by atoms with E-state index in [1.165, 1.54) is 0 Å². The molecule has 0 saturated carbocycles. The van der Waals surface area contributed by atoms with Gasteiger partial charge in [-0.1, -0.05) is 18.2 Å². The fraction of sp³-hybridized carbons (Fsp3) is 0.294. The van der Waals surface area contributed by atoms with Crippen LogP contribution in [0.2, 0.25) is 0 Å². The van der Waals surface area contributed by atoms with E-state index in [9.17, 15) is 9.90 Å². The summed E-state index contributed by atoms with van der Waals surface area (Å²) in [6, 6.07) is 12.3. The molecular formula is C17H20N2O3. The van der Waals surface area contributed by atoms with Crippen LogP contribution in [0.1, 0.15) is 18.2 Å². The van der Waals surface area contributed by atoms with Crippen LogP contribution in [-0.4, -0.2) is 29.1 Å². The zero-order valence-corrected chi connectivity index (χ0v) is 12.6. The predicted octanol–water partition coefficient (Wildman–Crippen LogP) is 2.09. The van der Waals surface area contributed by atoms with E-state index in [0.717, 1.165) is 11.3 Å². The minimum absolute atomic E-state index is 0.0773. The average Bonchev–Trinajstić information content (AvgIpc) is 2.48. The first-order chi connectivity index (χ1) is 10.7. The molecule has 0 aliphatic heterocycles. The van der Waals surface area contributed by atoms with Gasteiger partial charge in [-0.15, -0.1) is 0 Å². The second kappa shape index (κ2) is 8.02. The van der Waals surface area contributed by atoms with E-state index in [4.69, 9.17) is 4.74 Å². The Balaban J connectivity index is 1.78. The molecule has 2 N–H and O–H groups in total. The van der Waals surface area contributed by atoms with Crippen LogP contribution >= 0.6 is 0 Å². The third kappa shape index (κ3) is 5.09. The topological polar surface area (TPSA) is 71.5 Å². The van der Waals surface area contributed by atoms with Gasteiger partial charge < -0.3 is 15.2 Å². The molecule has 0 fully saturated rings. The molecule has 22 heavy (non-hydrogen) atoms. The van der Waals surface area contributed by atoms with Gasteiger partial charge in [-0.2, -0.15) is 0 Å². The molecule has 5 heteroatoms. The van der Waals surface area contributed by atoms with Crippen LogP contribution in [0.25, 0.3) is 0 Å². The number of hydrogen-bond acceptors (Lipinski definition) is 4. The lowest BCUT2D eigenvalue weighted by Gasteiger charge is -2.07. The molecule has 0 radical (unpaired) electrons. The Morgan fingerprint density at radius 1 is 1.27 bits per heavy atom. The van der Waals surface area contributed by atoms with E-state index < -0.39 is 0 Å². The molecular weight excluding hydrogens is 280 g/mol. The quantitative estimate of drug-likeness (QED) is 0.821. The Kier molecular flexibility index (Phi) is 5.77. The summed E-state index contributed by atoms with van der Waals surface area (Å²) in [5, 5.41) is 12.2. The van der Waals surface area contributed by atoms with E-state index >= 15 is 0 Å². The number of ether oxygens (including phenoxy) is 1. The first-order valence-corrected chi connectivity index (χ1v) is 7.30. The van der Waals surface area contributed by atoms with Crippen LogP contribution < -0.4 is 10.1 Å². The van der Waals surface area contributed by atoms with Crippen LogP contribution in [0.5, 0.6) is 11.6 Å². The number of nitrogens with zero attached hydrogens (tertiary/aromatic N) is 1. The minimum Gasteiger partial charge on any atom is -0.508 e. The van der Waals surface area contributed by atoms with Crippen LogP contribution in [0.4, 0.5) is 0 Å². The molecule has 2 aromatic rings. The number of benzene rings is 1. The van der Waals surface area contributed by atoms with Crippen molar-refractivity contribution in [2.75, 3.05) is 13.2 Å². The number of rotatable bonds is 7. The number of amides is 1. The molecule has 1 aromatic heterocycles. The number of hydrogen-bond donors (Lipinski definition) is 2. The average molecular weight is 300 g/mol. The summed E-state index contributed by atoms with van der Waals surface area (Å²) in [6.07, 6.45) is 0.896. The highest BCUT2D eigenvalue weighted by Gasteiger charge is 2.04. The number of carbonyl (C=O) groups excluding carboxylic acids is 1. The Labute approximate surface area is 130 Å². The number of nitrogens with one attached hydrogen (secondary N) is 1. The lowest BCUT2D eigenvalue weighted by molar-refractivity contribution is -0.120. The van der Waals surface area contributed by atoms with Crippen LogP contribution in [0, 0.1) is 0 Å². The van der Waals surface area contributed by atoms with Crippen molar-refractivity contribution in [2.24, 2.45) is 0 Å². The zero-order chi connectivity index (χ0) is 15.8. The summed E-state index contributed by atoms with van der Waals surface area (Å²) in [6.45, 7) is 3.01. The van der Waals surface area contributed by atoms with Crippen molar-refractivity contribution in [3.8, 4) is 11.6 Å². The van der Waals surface area contributed by atoms with Crippen molar-refractivity contribution in [1.82, 2.24) is 10.3 Å². The summed E-state index contributed by atoms with van der Waals surface area (Å²) >= 11 is 0. The lowest BCUT2D eigenvalue weighted by Crippen LogP contribution is -2.27. The number of aromatic nitrogens is 1. The van der Waals surface area contributed by atoms with Crippen molar-refractivity contribution in [3.05, 3.63) is 53.7 Å². The predicted molar refractivity (Wildman–Crippen MR) is 83.9 cm³/mol. The first-order valence-electron chi connectivity index (χ1n) is 7.30. The minimum atomic E-state index is -0.0773. The highest BCUT2D eigenvalue weighted by atomic mass is 16.5. The molecule has 116 valence electrons. The number of pyridine rings is 1. The van der Waals surface area contributed by atoms with Crippen LogP contribution in [-0.2, 0) is 17.6 Å². The Morgan fingerprint density at radius 3 is 2.86 bits per heavy atom. The fourth-order valence-corrected chi connectivity index (χ4v) is 2.07. The summed E-state index contributed by atoms with van der Waals surface area (Å²) in [7, 11) is 0. The Morgan fingerprint density at radius 2 is 2.09 bits per heavy atom. The fourth-order valence-electron chi connectivity index (χ4n) is 2.07. The van der Waals surface area contributed by atoms with Crippen molar-refractivity contribution >= 4 is 5.91 Å². The summed E-state index contributed by atoms with van der Waals surface area (Å²) in [5.74, 6) is 0.694. The SMILES string of the molecule is CCOc1cccc(CCNC(=O)Cc2cccc(O)c2)n1. The maximum absolute atomic E-state index is 11.8. The number of phenolic OH excluding ortho intramolecular Hbond substituents is 1. The molecule has 0 bridgehead atoms. The van der Waals surface area contributed by atoms with Crippen LogP contribution in [0.15, 0.2) is 42.5 Å². The molecule has 5 nitrogen and oxygen atoms in total. The molecule has 0 aliphatic carbocycles. The van der Waals surface area contributed by atoms with Crippen molar-refractivity contribution in [3.63, 3.8) is 0 Å². The maximum Gasteiger partial charge on any atom is 0.224 e. The first kappa shape index (κ1) is 15.8. The standard InChI is InChI=1S/C17H20N2O3/c1-2-22-17-8-4-6-14(19-17)9-10-18-16(21)12-13-5-3-7-15(20)11-13/h3-8,11,20H,2,9-10,12H2,1H3,(H,18,21). The smallest absolute Gasteiger partial charge is 0.224 e. The molecule has 0 aliphatic rings. The Bertz CT molecular complexity index is 629. The number of aromatic hydroxyl groups is 1. The maximum atomic E-state index is 11.8. The second-order valence-electron chi connectivity index (χ2n) is 4.85. The van der Waals surface area contributed by atoms with E-state index in [1.54, 1.807) is 18.2 Å². The van der Waals surface area contributed by atoms with Crippen LogP contribution in [0.3, 0.4) is 0 Å². The Hall–Kier alpha value is -2.56. The van der Waals surface area contributed by atoms with Gasteiger partial charge in [0.15, 0.2) is 0 Å². The molecule has 1 heterocycles. The van der Waals surface area contributed by atoms with Gasteiger partial charge in [0.2, 0.25) is 11.8 Å². The van der Waals surface area contributed by atoms with Gasteiger partial charge in [-0.05, 0) is 30.7 Å². The third-order valence-corrected chi connectivity index (χ3v) is 3.05. The zero-order valence-electron chi connectivity index (χ0n) is 12.6. The highest BCUT2D eigenvalue weighted by Crippen LogP contribution is 2.11. The van der Waals surface area contributed by atoms with Gasteiger partial charge >= 0.3 is 0 Å². The van der Waals surface area contributed by atoms with E-state index in [2.05, 4.69) is 10.3 Å². The van der Waals surface area contributed by atoms with Gasteiger partial charge in [0.25, 0.3) is 0 Å². The van der Waals surface area contributed by atoms with E-state index in [1.807, 2.05) is 31.2 Å². The van der Waals surface area contributed by atoms with Gasteiger partial charge in [-0.25, -0.2) is 4.98 Å². The van der Waals surface area contributed by atoms with Gasteiger partial charge in [0.05, 0.1) is 13.0 Å². The number of phenols is 1. The highest BCUT2D eigenvalue weighted by molar-refractivity contribution is 5.78. The molecule has 1 aromatic carbocycles. The van der Waals surface area contributed by atoms with E-state index in [0.29, 0.717) is 25.5 Å². The summed E-state index contributed by atoms with van der Waals surface area (Å²) in [4.78, 5) is 16.2. The molecule has 0 atom stereocenters. The second-order valence-corrected chi connectivity index (χ2v) is 4.85. The molecule has 1 amide bonds. The van der Waals surface area contributed by atoms with Crippen molar-refractivity contribution in [1.29, 1.82) is 0 Å². The lowest BCUT2D eigenvalue weighted by atomic mass is 10.1. The van der Waals surface area contributed by atoms with Gasteiger partial charge in [0, 0.05) is 24.7 Å². The van der Waals surface area contributed by atoms with Crippen molar-refractivity contribution < 1.29 is 14.6 Å². The van der Waals surface area contributed by atoms with Gasteiger partial charge in [-0.3, -0.25) is 4.79 Å². The third-order valence-electron chi connectivity index (χ3n) is 3.05. The normalized spacial score (nSPS) is 10.2.